The third-order valence-electron chi connectivity index (χ3n) is 4.32. The van der Waals surface area contributed by atoms with E-state index in [0.29, 0.717) is 6.04 Å². The van der Waals surface area contributed by atoms with E-state index in [9.17, 15) is 0 Å². The summed E-state index contributed by atoms with van der Waals surface area (Å²) in [4.78, 5) is 9.30. The van der Waals surface area contributed by atoms with Gasteiger partial charge in [-0.05, 0) is 11.6 Å². The molecule has 1 aliphatic rings. The van der Waals surface area contributed by atoms with Crippen molar-refractivity contribution in [2.75, 3.05) is 73.2 Å². The van der Waals surface area contributed by atoms with Crippen molar-refractivity contribution < 1.29 is 9.47 Å². The minimum absolute atomic E-state index is 0.312. The van der Waals surface area contributed by atoms with E-state index >= 15 is 0 Å². The smallest absolute Gasteiger partial charge is 0.0589 e. The van der Waals surface area contributed by atoms with Crippen molar-refractivity contribution in [3.8, 4) is 0 Å². The fourth-order valence-electron chi connectivity index (χ4n) is 2.98. The Morgan fingerprint density at radius 2 is 1.91 bits per heavy atom. The van der Waals surface area contributed by atoms with Crippen molar-refractivity contribution in [3.63, 3.8) is 0 Å². The van der Waals surface area contributed by atoms with Crippen LogP contribution in [0.1, 0.15) is 11.6 Å². The van der Waals surface area contributed by atoms with E-state index < -0.39 is 0 Å². The molecule has 0 aliphatic carbocycles. The number of ether oxygens (including phenoxy) is 2. The maximum atomic E-state index is 5.31. The summed E-state index contributed by atoms with van der Waals surface area (Å²) >= 11 is 0. The third kappa shape index (κ3) is 6.16. The van der Waals surface area contributed by atoms with Gasteiger partial charge in [0.25, 0.3) is 0 Å². The second-order valence-corrected chi connectivity index (χ2v) is 5.87. The van der Waals surface area contributed by atoms with Crippen molar-refractivity contribution in [3.05, 3.63) is 30.1 Å². The van der Waals surface area contributed by atoms with Crippen LogP contribution in [0.3, 0.4) is 0 Å². The molecular weight excluding hydrogens is 292 g/mol. The summed E-state index contributed by atoms with van der Waals surface area (Å²) in [5, 5.41) is 3.42. The van der Waals surface area contributed by atoms with Crippen LogP contribution >= 0.6 is 0 Å². The van der Waals surface area contributed by atoms with E-state index in [1.165, 1.54) is 5.56 Å². The molecule has 1 atom stereocenters. The van der Waals surface area contributed by atoms with E-state index in [4.69, 9.17) is 9.47 Å². The normalized spacial score (nSPS) is 17.5. The molecule has 130 valence electrons. The van der Waals surface area contributed by atoms with Crippen molar-refractivity contribution in [1.82, 2.24) is 20.1 Å². The van der Waals surface area contributed by atoms with Gasteiger partial charge in [-0.25, -0.2) is 0 Å². The number of hydrogen-bond acceptors (Lipinski definition) is 6. The lowest BCUT2D eigenvalue weighted by Crippen LogP contribution is -2.48. The lowest BCUT2D eigenvalue weighted by atomic mass is 10.1. The van der Waals surface area contributed by atoms with Crippen LogP contribution in [0.15, 0.2) is 24.5 Å². The van der Waals surface area contributed by atoms with Gasteiger partial charge in [0.15, 0.2) is 0 Å². The highest BCUT2D eigenvalue weighted by Crippen LogP contribution is 2.21. The summed E-state index contributed by atoms with van der Waals surface area (Å²) in [6.45, 7) is 8.58. The molecule has 1 aromatic rings. The number of methoxy groups -OCH3 is 2. The fraction of sp³-hybridized carbons (Fsp3) is 0.706. The minimum Gasteiger partial charge on any atom is -0.383 e. The first-order valence-electron chi connectivity index (χ1n) is 8.40. The zero-order valence-electron chi connectivity index (χ0n) is 14.4. The number of nitrogens with one attached hydrogen (secondary N) is 1. The number of aromatic nitrogens is 1. The van der Waals surface area contributed by atoms with Crippen LogP contribution in [-0.4, -0.2) is 88.0 Å². The lowest BCUT2D eigenvalue weighted by molar-refractivity contribution is 0.0679. The monoisotopic (exact) mass is 322 g/mol. The van der Waals surface area contributed by atoms with Gasteiger partial charge in [0.2, 0.25) is 0 Å². The van der Waals surface area contributed by atoms with Crippen molar-refractivity contribution in [2.24, 2.45) is 0 Å². The Bertz CT molecular complexity index is 404. The zero-order valence-corrected chi connectivity index (χ0v) is 14.4. The first kappa shape index (κ1) is 18.3. The van der Waals surface area contributed by atoms with Crippen LogP contribution in [0.2, 0.25) is 0 Å². The van der Waals surface area contributed by atoms with Crippen LogP contribution in [-0.2, 0) is 9.47 Å². The summed E-state index contributed by atoms with van der Waals surface area (Å²) in [5.41, 5.74) is 1.26. The summed E-state index contributed by atoms with van der Waals surface area (Å²) in [6.07, 6.45) is 3.82. The quantitative estimate of drug-likeness (QED) is 0.682. The molecule has 0 saturated carbocycles. The third-order valence-corrected chi connectivity index (χ3v) is 4.32. The molecule has 1 aromatic heterocycles. The highest BCUT2D eigenvalue weighted by Gasteiger charge is 2.24. The van der Waals surface area contributed by atoms with Gasteiger partial charge in [-0.1, -0.05) is 6.07 Å². The maximum Gasteiger partial charge on any atom is 0.0589 e. The van der Waals surface area contributed by atoms with Gasteiger partial charge in [0.05, 0.1) is 13.2 Å². The molecule has 1 fully saturated rings. The molecular formula is C17H30N4O2. The SMILES string of the molecule is COCCN(CCOC)C(CN1CCNCC1)c1cccnc1. The van der Waals surface area contributed by atoms with Crippen LogP contribution in [0, 0.1) is 0 Å². The van der Waals surface area contributed by atoms with E-state index in [0.717, 1.165) is 59.0 Å². The predicted octanol–water partition coefficient (Wildman–Crippen LogP) is 0.623. The van der Waals surface area contributed by atoms with Crippen LogP contribution in [0.5, 0.6) is 0 Å². The molecule has 0 aromatic carbocycles. The molecule has 0 amide bonds. The summed E-state index contributed by atoms with van der Waals surface area (Å²) < 4.78 is 10.6. The zero-order chi connectivity index (χ0) is 16.3. The Balaban J connectivity index is 2.11. The van der Waals surface area contributed by atoms with Gasteiger partial charge in [0, 0.05) is 78.5 Å². The van der Waals surface area contributed by atoms with Gasteiger partial charge in [-0.2, -0.15) is 0 Å². The van der Waals surface area contributed by atoms with Gasteiger partial charge in [-0.3, -0.25) is 14.8 Å². The number of hydrogen-bond donors (Lipinski definition) is 1. The van der Waals surface area contributed by atoms with Crippen molar-refractivity contribution in [1.29, 1.82) is 0 Å². The summed E-state index contributed by atoms with van der Waals surface area (Å²) in [7, 11) is 3.51. The first-order valence-corrected chi connectivity index (χ1v) is 8.40. The molecule has 23 heavy (non-hydrogen) atoms. The Labute approximate surface area is 139 Å². The molecule has 1 saturated heterocycles. The summed E-state index contributed by atoms with van der Waals surface area (Å²) in [5.74, 6) is 0. The Kier molecular flexibility index (Phi) is 8.49. The molecule has 6 heteroatoms. The minimum atomic E-state index is 0.312. The molecule has 0 bridgehead atoms. The molecule has 0 radical (unpaired) electrons. The molecule has 6 nitrogen and oxygen atoms in total. The number of nitrogens with zero attached hydrogens (tertiary/aromatic N) is 3. The standard InChI is InChI=1S/C17H30N4O2/c1-22-12-10-21(11-13-23-2)17(16-4-3-5-19-14-16)15-20-8-6-18-7-9-20/h3-5,14,17-18H,6-13,15H2,1-2H3. The highest BCUT2D eigenvalue weighted by molar-refractivity contribution is 5.15. The molecule has 1 N–H and O–H groups in total. The van der Waals surface area contributed by atoms with Crippen LogP contribution < -0.4 is 5.32 Å². The number of rotatable bonds is 10. The molecule has 2 heterocycles. The van der Waals surface area contributed by atoms with E-state index in [-0.39, 0.29) is 0 Å². The van der Waals surface area contributed by atoms with E-state index in [2.05, 4.69) is 26.2 Å². The average Bonchev–Trinajstić information content (AvgIpc) is 2.62. The van der Waals surface area contributed by atoms with Gasteiger partial charge in [-0.15, -0.1) is 0 Å². The Morgan fingerprint density at radius 3 is 2.48 bits per heavy atom. The molecule has 1 unspecified atom stereocenters. The maximum absolute atomic E-state index is 5.31. The van der Waals surface area contributed by atoms with Gasteiger partial charge >= 0.3 is 0 Å². The number of piperazine rings is 1. The van der Waals surface area contributed by atoms with Crippen molar-refractivity contribution >= 4 is 0 Å². The summed E-state index contributed by atoms with van der Waals surface area (Å²) in [6, 6.07) is 4.50. The van der Waals surface area contributed by atoms with Crippen LogP contribution in [0.4, 0.5) is 0 Å². The molecule has 2 rings (SSSR count). The Morgan fingerprint density at radius 1 is 1.22 bits per heavy atom. The second-order valence-electron chi connectivity index (χ2n) is 5.87. The topological polar surface area (TPSA) is 49.9 Å². The average molecular weight is 322 g/mol. The van der Waals surface area contributed by atoms with E-state index in [1.807, 2.05) is 18.5 Å². The van der Waals surface area contributed by atoms with Crippen molar-refractivity contribution in [2.45, 2.75) is 6.04 Å². The second kappa shape index (κ2) is 10.7. The Hall–Kier alpha value is -1.05. The lowest BCUT2D eigenvalue weighted by Gasteiger charge is -2.37. The highest BCUT2D eigenvalue weighted by atomic mass is 16.5. The molecule has 0 spiro atoms. The number of pyridine rings is 1. The largest absolute Gasteiger partial charge is 0.383 e. The van der Waals surface area contributed by atoms with Gasteiger partial charge < -0.3 is 14.8 Å². The van der Waals surface area contributed by atoms with Gasteiger partial charge in [0.1, 0.15) is 0 Å². The van der Waals surface area contributed by atoms with Crippen LogP contribution in [0.25, 0.3) is 0 Å². The predicted molar refractivity (Wildman–Crippen MR) is 91.6 cm³/mol. The van der Waals surface area contributed by atoms with E-state index in [1.54, 1.807) is 14.2 Å². The first-order chi connectivity index (χ1) is 11.3. The molecule has 1 aliphatic heterocycles. The fourth-order valence-corrected chi connectivity index (χ4v) is 2.98.